The Morgan fingerprint density at radius 3 is 2.74 bits per heavy atom. The highest BCUT2D eigenvalue weighted by molar-refractivity contribution is 5.58. The van der Waals surface area contributed by atoms with Crippen LogP contribution in [0.15, 0.2) is 47.5 Å². The minimum Gasteiger partial charge on any atom is -0.423 e. The molecule has 0 bridgehead atoms. The fourth-order valence-electron chi connectivity index (χ4n) is 1.78. The smallest absolute Gasteiger partial charge is 0.247 e. The second-order valence-corrected chi connectivity index (χ2v) is 4.13. The first-order valence-electron chi connectivity index (χ1n) is 5.89. The molecule has 2 aromatic heterocycles. The summed E-state index contributed by atoms with van der Waals surface area (Å²) in [5.74, 6) is 1.51. The monoisotopic (exact) mass is 255 g/mol. The highest BCUT2D eigenvalue weighted by Crippen LogP contribution is 2.19. The summed E-state index contributed by atoms with van der Waals surface area (Å²) in [6.07, 6.45) is 5.04. The molecule has 19 heavy (non-hydrogen) atoms. The molecule has 0 aliphatic rings. The Hall–Kier alpha value is -2.63. The van der Waals surface area contributed by atoms with E-state index in [1.807, 2.05) is 42.1 Å². The highest BCUT2D eigenvalue weighted by atomic mass is 16.4. The van der Waals surface area contributed by atoms with E-state index in [1.165, 1.54) is 6.39 Å². The van der Waals surface area contributed by atoms with Gasteiger partial charge in [0.05, 0.1) is 6.54 Å². The molecule has 0 saturated heterocycles. The summed E-state index contributed by atoms with van der Waals surface area (Å²) in [5, 5.41) is 10.8. The molecule has 0 unspecified atom stereocenters. The number of rotatable bonds is 4. The Morgan fingerprint density at radius 1 is 1.26 bits per heavy atom. The van der Waals surface area contributed by atoms with E-state index in [1.54, 1.807) is 6.20 Å². The Kier molecular flexibility index (Phi) is 2.97. The first kappa shape index (κ1) is 11.5. The van der Waals surface area contributed by atoms with E-state index in [4.69, 9.17) is 4.42 Å². The second-order valence-electron chi connectivity index (χ2n) is 4.13. The van der Waals surface area contributed by atoms with Gasteiger partial charge in [0.1, 0.15) is 5.82 Å². The van der Waals surface area contributed by atoms with Crippen LogP contribution in [0.25, 0.3) is 11.5 Å². The van der Waals surface area contributed by atoms with Gasteiger partial charge in [-0.25, -0.2) is 4.98 Å². The molecule has 6 heteroatoms. The summed E-state index contributed by atoms with van der Waals surface area (Å²) in [7, 11) is 1.97. The maximum Gasteiger partial charge on any atom is 0.247 e. The van der Waals surface area contributed by atoms with Gasteiger partial charge in [-0.3, -0.25) is 0 Å². The van der Waals surface area contributed by atoms with Crippen LogP contribution in [0.4, 0.5) is 5.69 Å². The molecule has 0 fully saturated rings. The molecule has 3 aromatic rings. The Labute approximate surface area is 110 Å². The van der Waals surface area contributed by atoms with Crippen molar-refractivity contribution in [2.45, 2.75) is 6.54 Å². The van der Waals surface area contributed by atoms with Crippen LogP contribution in [0.1, 0.15) is 5.82 Å². The van der Waals surface area contributed by atoms with E-state index in [0.717, 1.165) is 17.1 Å². The van der Waals surface area contributed by atoms with Gasteiger partial charge < -0.3 is 14.3 Å². The third-order valence-corrected chi connectivity index (χ3v) is 2.86. The van der Waals surface area contributed by atoms with Crippen molar-refractivity contribution >= 4 is 5.69 Å². The van der Waals surface area contributed by atoms with E-state index in [0.29, 0.717) is 12.4 Å². The molecule has 0 amide bonds. The van der Waals surface area contributed by atoms with Crippen LogP contribution < -0.4 is 5.32 Å². The summed E-state index contributed by atoms with van der Waals surface area (Å²) in [5.41, 5.74) is 1.92. The molecule has 1 aromatic carbocycles. The number of nitrogens with zero attached hydrogens (tertiary/aromatic N) is 4. The van der Waals surface area contributed by atoms with Crippen molar-refractivity contribution in [3.05, 3.63) is 48.9 Å². The zero-order chi connectivity index (χ0) is 13.1. The molecule has 0 aliphatic carbocycles. The number of hydrogen-bond donors (Lipinski definition) is 1. The summed E-state index contributed by atoms with van der Waals surface area (Å²) >= 11 is 0. The zero-order valence-corrected chi connectivity index (χ0v) is 10.4. The number of imidazole rings is 1. The largest absolute Gasteiger partial charge is 0.423 e. The standard InChI is InChI=1S/C13H13N5O/c1-18-7-6-14-12(18)8-15-11-4-2-10(3-5-11)13-17-16-9-19-13/h2-7,9,15H,8H2,1H3. The Balaban J connectivity index is 1.68. The molecular formula is C13H13N5O. The van der Waals surface area contributed by atoms with Gasteiger partial charge in [-0.15, -0.1) is 10.2 Å². The zero-order valence-electron chi connectivity index (χ0n) is 10.4. The van der Waals surface area contributed by atoms with E-state index < -0.39 is 0 Å². The van der Waals surface area contributed by atoms with Gasteiger partial charge in [-0.05, 0) is 24.3 Å². The quantitative estimate of drug-likeness (QED) is 0.773. The maximum absolute atomic E-state index is 5.14. The minimum absolute atomic E-state index is 0.524. The van der Waals surface area contributed by atoms with Gasteiger partial charge in [0.25, 0.3) is 0 Å². The number of hydrogen-bond acceptors (Lipinski definition) is 5. The molecule has 6 nitrogen and oxygen atoms in total. The average molecular weight is 255 g/mol. The predicted molar refractivity (Wildman–Crippen MR) is 70.3 cm³/mol. The Bertz CT molecular complexity index is 642. The summed E-state index contributed by atoms with van der Waals surface area (Å²) in [6.45, 7) is 0.684. The molecule has 0 aliphatic heterocycles. The predicted octanol–water partition coefficient (Wildman–Crippen LogP) is 2.08. The van der Waals surface area contributed by atoms with Crippen LogP contribution in [0, 0.1) is 0 Å². The van der Waals surface area contributed by atoms with Gasteiger partial charge >= 0.3 is 0 Å². The molecule has 1 N–H and O–H groups in total. The lowest BCUT2D eigenvalue weighted by Gasteiger charge is -2.06. The van der Waals surface area contributed by atoms with E-state index in [9.17, 15) is 0 Å². The normalized spacial score (nSPS) is 10.6. The first-order valence-corrected chi connectivity index (χ1v) is 5.89. The average Bonchev–Trinajstić information content (AvgIpc) is 3.09. The van der Waals surface area contributed by atoms with Gasteiger partial charge in [0.15, 0.2) is 0 Å². The maximum atomic E-state index is 5.14. The van der Waals surface area contributed by atoms with Crippen molar-refractivity contribution in [3.8, 4) is 11.5 Å². The van der Waals surface area contributed by atoms with Crippen LogP contribution >= 0.6 is 0 Å². The van der Waals surface area contributed by atoms with Crippen LogP contribution in [0.3, 0.4) is 0 Å². The van der Waals surface area contributed by atoms with Crippen LogP contribution in [0.2, 0.25) is 0 Å². The van der Waals surface area contributed by atoms with Gasteiger partial charge in [-0.2, -0.15) is 0 Å². The lowest BCUT2D eigenvalue weighted by molar-refractivity contribution is 0.568. The second kappa shape index (κ2) is 4.93. The van der Waals surface area contributed by atoms with Crippen molar-refractivity contribution in [2.24, 2.45) is 7.05 Å². The third kappa shape index (κ3) is 2.47. The fraction of sp³-hybridized carbons (Fsp3) is 0.154. The molecule has 0 radical (unpaired) electrons. The summed E-state index contributed by atoms with van der Waals surface area (Å²) < 4.78 is 7.12. The lowest BCUT2D eigenvalue weighted by Crippen LogP contribution is -2.05. The van der Waals surface area contributed by atoms with E-state index in [2.05, 4.69) is 20.5 Å². The molecule has 2 heterocycles. The van der Waals surface area contributed by atoms with Gasteiger partial charge in [-0.1, -0.05) is 0 Å². The number of aryl methyl sites for hydroxylation is 1. The lowest BCUT2D eigenvalue weighted by atomic mass is 10.2. The van der Waals surface area contributed by atoms with Crippen molar-refractivity contribution < 1.29 is 4.42 Å². The van der Waals surface area contributed by atoms with Crippen LogP contribution in [-0.4, -0.2) is 19.7 Å². The number of benzene rings is 1. The van der Waals surface area contributed by atoms with Crippen molar-refractivity contribution in [1.29, 1.82) is 0 Å². The topological polar surface area (TPSA) is 68.8 Å². The molecule has 3 rings (SSSR count). The molecule has 0 atom stereocenters. The van der Waals surface area contributed by atoms with Crippen LogP contribution in [-0.2, 0) is 13.6 Å². The van der Waals surface area contributed by atoms with Crippen molar-refractivity contribution in [1.82, 2.24) is 19.7 Å². The summed E-state index contributed by atoms with van der Waals surface area (Å²) in [6, 6.07) is 7.83. The summed E-state index contributed by atoms with van der Waals surface area (Å²) in [4.78, 5) is 4.26. The third-order valence-electron chi connectivity index (χ3n) is 2.86. The molecular weight excluding hydrogens is 242 g/mol. The minimum atomic E-state index is 0.524. The number of anilines is 1. The van der Waals surface area contributed by atoms with E-state index in [-0.39, 0.29) is 0 Å². The first-order chi connectivity index (χ1) is 9.33. The number of aromatic nitrogens is 4. The van der Waals surface area contributed by atoms with E-state index >= 15 is 0 Å². The molecule has 0 saturated carbocycles. The SMILES string of the molecule is Cn1ccnc1CNc1ccc(-c2nnco2)cc1. The highest BCUT2D eigenvalue weighted by Gasteiger charge is 2.03. The van der Waals surface area contributed by atoms with Gasteiger partial charge in [0.2, 0.25) is 12.3 Å². The molecule has 96 valence electrons. The van der Waals surface area contributed by atoms with Crippen LogP contribution in [0.5, 0.6) is 0 Å². The van der Waals surface area contributed by atoms with Crippen molar-refractivity contribution in [2.75, 3.05) is 5.32 Å². The van der Waals surface area contributed by atoms with Crippen molar-refractivity contribution in [3.63, 3.8) is 0 Å². The number of nitrogens with one attached hydrogen (secondary N) is 1. The Morgan fingerprint density at radius 2 is 2.11 bits per heavy atom. The molecule has 0 spiro atoms. The fourth-order valence-corrected chi connectivity index (χ4v) is 1.78. The van der Waals surface area contributed by atoms with Gasteiger partial charge in [0, 0.05) is 30.7 Å².